The molecule has 0 bridgehead atoms. The van der Waals surface area contributed by atoms with Gasteiger partial charge in [-0.3, -0.25) is 9.59 Å². The van der Waals surface area contributed by atoms with E-state index in [2.05, 4.69) is 114 Å². The fourth-order valence-corrected chi connectivity index (χ4v) is 15.7. The number of benzene rings is 8. The zero-order valence-corrected chi connectivity index (χ0v) is 53.1. The number of phenols is 2. The van der Waals surface area contributed by atoms with Gasteiger partial charge < -0.3 is 40.7 Å². The van der Waals surface area contributed by atoms with E-state index in [4.69, 9.17) is 45.3 Å². The second-order valence-corrected chi connectivity index (χ2v) is 25.7. The molecule has 8 aromatic carbocycles. The van der Waals surface area contributed by atoms with Crippen molar-refractivity contribution in [3.8, 4) is 17.2 Å². The highest BCUT2D eigenvalue weighted by Crippen LogP contribution is 2.49. The van der Waals surface area contributed by atoms with Crippen LogP contribution in [-0.4, -0.2) is 103 Å². The number of hydrogen-bond donors (Lipinski definition) is 4. The predicted octanol–water partition coefficient (Wildman–Crippen LogP) is 14.3. The van der Waals surface area contributed by atoms with Gasteiger partial charge in [0.2, 0.25) is 0 Å². The van der Waals surface area contributed by atoms with Crippen molar-refractivity contribution in [1.29, 1.82) is 0 Å². The number of carbonyl (C=O) groups excluding carboxylic acids is 2. The highest BCUT2D eigenvalue weighted by atomic mass is 35.5. The summed E-state index contributed by atoms with van der Waals surface area (Å²) in [6, 6.07) is 52.4. The first-order valence-electron chi connectivity index (χ1n) is 31.0. The van der Waals surface area contributed by atoms with Crippen LogP contribution in [0.5, 0.6) is 17.2 Å². The number of aldehydes is 2. The minimum atomic E-state index is 0.136. The second-order valence-electron chi connectivity index (χ2n) is 24.5. The normalized spacial score (nSPS) is 20.6. The largest absolute Gasteiger partial charge is 0.506 e. The Morgan fingerprint density at radius 2 is 0.898 bits per heavy atom. The molecule has 0 unspecified atom stereocenters. The van der Waals surface area contributed by atoms with Crippen LogP contribution in [0.1, 0.15) is 141 Å². The van der Waals surface area contributed by atoms with Crippen LogP contribution in [0, 0.1) is 0 Å². The smallest absolute Gasteiger partial charge is 0.150 e. The summed E-state index contributed by atoms with van der Waals surface area (Å²) in [5.41, 5.74) is 26.0. The van der Waals surface area contributed by atoms with Crippen LogP contribution in [0.2, 0.25) is 15.1 Å². The van der Waals surface area contributed by atoms with Crippen LogP contribution in [0.15, 0.2) is 152 Å². The molecule has 10 nitrogen and oxygen atoms in total. The molecule has 3 aliphatic carbocycles. The molecule has 88 heavy (non-hydrogen) atoms. The molecule has 0 saturated heterocycles. The minimum absolute atomic E-state index is 0.136. The first kappa shape index (κ1) is 62.8. The lowest BCUT2D eigenvalue weighted by molar-refractivity contribution is 0.111. The number of nitrogens with one attached hydrogen (secondary N) is 1. The van der Waals surface area contributed by atoms with Crippen molar-refractivity contribution in [2.75, 3.05) is 47.9 Å². The molecule has 0 saturated carbocycles. The molecule has 3 heterocycles. The number of halogens is 3. The Labute approximate surface area is 534 Å². The van der Waals surface area contributed by atoms with E-state index in [1.165, 1.54) is 72.3 Å². The van der Waals surface area contributed by atoms with E-state index < -0.39 is 0 Å². The van der Waals surface area contributed by atoms with Crippen LogP contribution >= 0.6 is 34.8 Å². The number of fused-ring (bicyclic) bond motifs is 15. The maximum absolute atomic E-state index is 11.5. The predicted molar refractivity (Wildman–Crippen MR) is 357 cm³/mol. The zero-order valence-electron chi connectivity index (χ0n) is 50.8. The average Bonchev–Trinajstić information content (AvgIpc) is 1.44. The van der Waals surface area contributed by atoms with Gasteiger partial charge in [-0.1, -0.05) is 150 Å². The number of nitrogens with zero attached hydrogens (tertiary/aromatic N) is 3. The molecular weight excluding hydrogens is 1160 g/mol. The molecule has 0 radical (unpaired) electrons. The van der Waals surface area contributed by atoms with Gasteiger partial charge in [-0.05, 0) is 199 Å². The van der Waals surface area contributed by atoms with Gasteiger partial charge in [-0.25, -0.2) is 0 Å². The summed E-state index contributed by atoms with van der Waals surface area (Å²) in [5.74, 6) is 1.73. The number of ether oxygens (including phenoxy) is 1. The first-order chi connectivity index (χ1) is 42.8. The van der Waals surface area contributed by atoms with Crippen molar-refractivity contribution in [3.05, 3.63) is 261 Å². The van der Waals surface area contributed by atoms with E-state index in [0.29, 0.717) is 39.7 Å². The van der Waals surface area contributed by atoms with Crippen molar-refractivity contribution in [1.82, 2.24) is 20.0 Å². The third kappa shape index (κ3) is 13.2. The van der Waals surface area contributed by atoms with Crippen molar-refractivity contribution in [2.24, 2.45) is 5.73 Å². The van der Waals surface area contributed by atoms with Crippen molar-refractivity contribution in [3.63, 3.8) is 0 Å². The molecule has 0 fully saturated rings. The second kappa shape index (κ2) is 28.3. The van der Waals surface area contributed by atoms with Crippen molar-refractivity contribution >= 4 is 47.4 Å². The number of phenolic OH excluding ortho intramolecular Hbond substituents is 2. The molecule has 13 heteroatoms. The number of likely N-dealkylation sites (N-methyl/N-ethyl adjacent to an activating group) is 3. The topological polar surface area (TPSA) is 132 Å². The Balaban J connectivity index is 0.000000129. The molecular formula is C75H80Cl3N5O5. The van der Waals surface area contributed by atoms with Crippen LogP contribution in [-0.2, 0) is 58.2 Å². The van der Waals surface area contributed by atoms with Crippen molar-refractivity contribution in [2.45, 2.75) is 113 Å². The van der Waals surface area contributed by atoms with Gasteiger partial charge in [0.1, 0.15) is 29.8 Å². The number of nitrogens with two attached hydrogens (primary N) is 1. The maximum atomic E-state index is 11.5. The third-order valence-electron chi connectivity index (χ3n) is 19.6. The van der Waals surface area contributed by atoms with E-state index in [9.17, 15) is 19.8 Å². The van der Waals surface area contributed by atoms with Gasteiger partial charge >= 0.3 is 0 Å². The maximum Gasteiger partial charge on any atom is 0.150 e. The van der Waals surface area contributed by atoms with Gasteiger partial charge in [0.15, 0.2) is 0 Å². The number of rotatable bonds is 8. The van der Waals surface area contributed by atoms with Crippen LogP contribution < -0.4 is 15.8 Å². The van der Waals surface area contributed by atoms with Gasteiger partial charge in [0.25, 0.3) is 0 Å². The first-order valence-corrected chi connectivity index (χ1v) is 32.1. The molecule has 5 N–H and O–H groups in total. The molecule has 3 aliphatic heterocycles. The van der Waals surface area contributed by atoms with Crippen LogP contribution in [0.4, 0.5) is 0 Å². The monoisotopic (exact) mass is 1240 g/mol. The molecule has 456 valence electrons. The quantitative estimate of drug-likeness (QED) is 0.109. The molecule has 6 atom stereocenters. The molecule has 14 rings (SSSR count). The Hall–Kier alpha value is -6.83. The van der Waals surface area contributed by atoms with Crippen LogP contribution in [0.3, 0.4) is 0 Å². The summed E-state index contributed by atoms with van der Waals surface area (Å²) < 4.78 is 5.49. The lowest BCUT2D eigenvalue weighted by atomic mass is 9.73. The number of hydrogen-bond acceptors (Lipinski definition) is 10. The number of methoxy groups -OCH3 is 1. The molecule has 0 spiro atoms. The van der Waals surface area contributed by atoms with Gasteiger partial charge in [0.05, 0.1) is 22.2 Å². The molecule has 0 aromatic heterocycles. The van der Waals surface area contributed by atoms with E-state index in [1.54, 1.807) is 7.11 Å². The van der Waals surface area contributed by atoms with E-state index >= 15 is 0 Å². The highest BCUT2D eigenvalue weighted by Gasteiger charge is 2.41. The van der Waals surface area contributed by atoms with Gasteiger partial charge in [-0.15, -0.1) is 0 Å². The summed E-state index contributed by atoms with van der Waals surface area (Å²) in [4.78, 5) is 30.3. The Kier molecular flexibility index (Phi) is 20.2. The SMILES string of the molecule is CN1CCc2cc(Cl)c(O)cc2[C@H]2c3cccc(C=O)c3CC[C@@H]21.CN1CCc2cc(Cl)c(O)cc2[C@H]2c3cccc(CNCc4ccccc4)c3CC[C@@H]21.COc1cc2c(cc1Cl)CCN(C)[C@H]1CCc3c(C=O)cccc3[C@H]21.NCc1ccccc1. The molecule has 6 aliphatic rings. The van der Waals surface area contributed by atoms with Crippen molar-refractivity contribution < 1.29 is 24.5 Å². The average molecular weight is 1240 g/mol. The standard InChI is InChI=1S/C27H29ClN2O.C21H22ClNO2.C20H20ClNO2.C7H9N/c1-30-13-12-19-14-24(28)26(31)15-23(19)27-22-9-5-8-20(21(22)10-11-25(27)30)17-29-16-18-6-3-2-4-7-18;1-23-9-8-13-10-18(22)20(25-2)11-17(13)21-16-5-3-4-14(12-24)15(16)6-7-19(21)23;1-22-8-7-12-9-17(21)19(24)10-16(12)20-15-4-2-3-13(11-23)14(15)5-6-18(20)22;8-6-7-4-2-1-3-5-7/h2-9,14-15,25,27,29,31H,10-13,16-17H2,1H3;3-5,10-12,19,21H,6-9H2,1-2H3;2-4,9-11,18,20,24H,5-8H2,1H3;1-5H,6,8H2/t25-,27+;19-,21+;18-,20+;/m000./s1. The van der Waals surface area contributed by atoms with Crippen LogP contribution in [0.25, 0.3) is 0 Å². The summed E-state index contributed by atoms with van der Waals surface area (Å²) in [5, 5.41) is 25.7. The molecule has 8 aromatic rings. The fraction of sp³-hybridized carbons (Fsp3) is 0.333. The minimum Gasteiger partial charge on any atom is -0.506 e. The van der Waals surface area contributed by atoms with E-state index in [-0.39, 0.29) is 29.3 Å². The summed E-state index contributed by atoms with van der Waals surface area (Å²) >= 11 is 18.8. The third-order valence-corrected chi connectivity index (χ3v) is 20.5. The van der Waals surface area contributed by atoms with Gasteiger partial charge in [-0.2, -0.15) is 0 Å². The summed E-state index contributed by atoms with van der Waals surface area (Å²) in [6.07, 6.45) is 11.0. The number of carbonyl (C=O) groups is 2. The lowest BCUT2D eigenvalue weighted by Gasteiger charge is -2.39. The zero-order chi connectivity index (χ0) is 61.6. The summed E-state index contributed by atoms with van der Waals surface area (Å²) in [7, 11) is 8.27. The fourth-order valence-electron chi connectivity index (χ4n) is 15.1. The lowest BCUT2D eigenvalue weighted by Crippen LogP contribution is -2.40. The summed E-state index contributed by atoms with van der Waals surface area (Å²) in [6.45, 7) is 5.37. The Bertz CT molecular complexity index is 3790. The molecule has 0 amide bonds. The van der Waals surface area contributed by atoms with E-state index in [0.717, 1.165) is 131 Å². The van der Waals surface area contributed by atoms with Gasteiger partial charge in [0, 0.05) is 86.3 Å². The highest BCUT2D eigenvalue weighted by molar-refractivity contribution is 6.32. The van der Waals surface area contributed by atoms with E-state index in [1.807, 2.05) is 78.9 Å². The number of aromatic hydroxyl groups is 2. The Morgan fingerprint density at radius 3 is 1.33 bits per heavy atom. The Morgan fingerprint density at radius 1 is 0.489 bits per heavy atom.